The van der Waals surface area contributed by atoms with E-state index in [0.29, 0.717) is 18.7 Å². The van der Waals surface area contributed by atoms with Gasteiger partial charge in [-0.25, -0.2) is 4.68 Å². The lowest BCUT2D eigenvalue weighted by Crippen LogP contribution is -2.38. The molecule has 186 valence electrons. The van der Waals surface area contributed by atoms with Crippen LogP contribution in [0.5, 0.6) is 0 Å². The van der Waals surface area contributed by atoms with Crippen LogP contribution in [0, 0.1) is 19.8 Å². The summed E-state index contributed by atoms with van der Waals surface area (Å²) in [4.78, 5) is 18.6. The molecular weight excluding hydrogens is 440 g/mol. The van der Waals surface area contributed by atoms with Crippen molar-refractivity contribution in [1.82, 2.24) is 30.1 Å². The van der Waals surface area contributed by atoms with Gasteiger partial charge in [-0.2, -0.15) is 0 Å². The SMILES string of the molecule is CCC(C)(C)n1nnnc1C(C(C)C)N(Cc1ccco1)Cc1cc2ccc(C)c(C)c2[nH]c1=O. The summed E-state index contributed by atoms with van der Waals surface area (Å²) in [5.41, 5.74) is 3.53. The monoisotopic (exact) mass is 476 g/mol. The smallest absolute Gasteiger partial charge is 0.252 e. The van der Waals surface area contributed by atoms with Crippen LogP contribution in [-0.4, -0.2) is 30.1 Å². The largest absolute Gasteiger partial charge is 0.468 e. The van der Waals surface area contributed by atoms with Crippen molar-refractivity contribution in [2.45, 2.75) is 79.6 Å². The molecule has 8 heteroatoms. The maximum atomic E-state index is 13.2. The van der Waals surface area contributed by atoms with Crippen molar-refractivity contribution < 1.29 is 4.42 Å². The Morgan fingerprint density at radius 3 is 2.60 bits per heavy atom. The maximum Gasteiger partial charge on any atom is 0.252 e. The summed E-state index contributed by atoms with van der Waals surface area (Å²) in [5.74, 6) is 1.81. The summed E-state index contributed by atoms with van der Waals surface area (Å²) in [7, 11) is 0. The number of tetrazole rings is 1. The van der Waals surface area contributed by atoms with Gasteiger partial charge in [-0.3, -0.25) is 9.69 Å². The standard InChI is InChI=1S/C27H36N6O2/c1-8-27(6,7)33-25(29-30-31-33)24(17(2)3)32(16-22-10-9-13-35-22)15-21-14-20-12-11-18(4)19(5)23(20)28-26(21)34/h9-14,17,24H,8,15-16H2,1-7H3,(H,28,34). The molecule has 0 spiro atoms. The predicted octanol–water partition coefficient (Wildman–Crippen LogP) is 5.27. The minimum Gasteiger partial charge on any atom is -0.468 e. The second-order valence-corrected chi connectivity index (χ2v) is 10.4. The summed E-state index contributed by atoms with van der Waals surface area (Å²) in [6.07, 6.45) is 2.56. The molecule has 0 aliphatic rings. The molecule has 3 aromatic heterocycles. The lowest BCUT2D eigenvalue weighted by Gasteiger charge is -2.35. The molecule has 0 bridgehead atoms. The number of nitrogens with zero attached hydrogens (tertiary/aromatic N) is 5. The van der Waals surface area contributed by atoms with Gasteiger partial charge in [-0.05, 0) is 85.2 Å². The number of furan rings is 1. The molecule has 1 unspecified atom stereocenters. The zero-order valence-corrected chi connectivity index (χ0v) is 21.8. The quantitative estimate of drug-likeness (QED) is 0.354. The molecule has 1 N–H and O–H groups in total. The van der Waals surface area contributed by atoms with Gasteiger partial charge in [-0.1, -0.05) is 32.9 Å². The van der Waals surface area contributed by atoms with E-state index in [4.69, 9.17) is 4.42 Å². The molecule has 8 nitrogen and oxygen atoms in total. The second-order valence-electron chi connectivity index (χ2n) is 10.4. The number of rotatable bonds is 9. The first-order valence-electron chi connectivity index (χ1n) is 12.3. The first kappa shape index (κ1) is 24.9. The highest BCUT2D eigenvalue weighted by Crippen LogP contribution is 2.33. The van der Waals surface area contributed by atoms with Crippen LogP contribution in [0.3, 0.4) is 0 Å². The van der Waals surface area contributed by atoms with Gasteiger partial charge in [0.25, 0.3) is 5.56 Å². The van der Waals surface area contributed by atoms with Crippen molar-refractivity contribution in [2.75, 3.05) is 0 Å². The first-order valence-corrected chi connectivity index (χ1v) is 12.3. The Morgan fingerprint density at radius 2 is 1.94 bits per heavy atom. The molecule has 0 saturated carbocycles. The van der Waals surface area contributed by atoms with E-state index in [1.54, 1.807) is 6.26 Å². The van der Waals surface area contributed by atoms with E-state index in [9.17, 15) is 4.79 Å². The van der Waals surface area contributed by atoms with Gasteiger partial charge in [-0.15, -0.1) is 5.10 Å². The lowest BCUT2D eigenvalue weighted by atomic mass is 9.97. The highest BCUT2D eigenvalue weighted by atomic mass is 16.3. The lowest BCUT2D eigenvalue weighted by molar-refractivity contribution is 0.109. The molecule has 0 fully saturated rings. The Hall–Kier alpha value is -3.26. The Balaban J connectivity index is 1.81. The Morgan fingerprint density at radius 1 is 1.17 bits per heavy atom. The molecule has 3 heterocycles. The van der Waals surface area contributed by atoms with Gasteiger partial charge >= 0.3 is 0 Å². The number of H-pyrrole nitrogens is 1. The van der Waals surface area contributed by atoms with Gasteiger partial charge in [0.15, 0.2) is 5.82 Å². The van der Waals surface area contributed by atoms with Crippen molar-refractivity contribution in [2.24, 2.45) is 5.92 Å². The normalized spacial score (nSPS) is 13.3. The molecule has 4 aromatic rings. The van der Waals surface area contributed by atoms with Crippen LogP contribution < -0.4 is 5.56 Å². The summed E-state index contributed by atoms with van der Waals surface area (Å²) in [6, 6.07) is 9.88. The van der Waals surface area contributed by atoms with Crippen molar-refractivity contribution in [1.29, 1.82) is 0 Å². The number of aromatic amines is 1. The molecule has 0 radical (unpaired) electrons. The summed E-state index contributed by atoms with van der Waals surface area (Å²) >= 11 is 0. The van der Waals surface area contributed by atoms with Gasteiger partial charge < -0.3 is 9.40 Å². The van der Waals surface area contributed by atoms with Crippen LogP contribution in [0.1, 0.15) is 75.4 Å². The van der Waals surface area contributed by atoms with E-state index < -0.39 is 0 Å². The van der Waals surface area contributed by atoms with Crippen LogP contribution in [0.15, 0.2) is 45.8 Å². The third-order valence-corrected chi connectivity index (χ3v) is 7.16. The number of hydrogen-bond donors (Lipinski definition) is 1. The molecule has 0 saturated heterocycles. The van der Waals surface area contributed by atoms with E-state index in [1.807, 2.05) is 29.8 Å². The highest BCUT2D eigenvalue weighted by Gasteiger charge is 2.34. The zero-order chi connectivity index (χ0) is 25.3. The number of aromatic nitrogens is 5. The molecule has 1 atom stereocenters. The minimum atomic E-state index is -0.238. The van der Waals surface area contributed by atoms with Crippen LogP contribution in [0.4, 0.5) is 0 Å². The van der Waals surface area contributed by atoms with Crippen LogP contribution >= 0.6 is 0 Å². The number of pyridine rings is 1. The average molecular weight is 477 g/mol. The second kappa shape index (κ2) is 9.77. The minimum absolute atomic E-state index is 0.0772. The molecule has 0 aliphatic carbocycles. The summed E-state index contributed by atoms with van der Waals surface area (Å²) in [5, 5.41) is 13.9. The van der Waals surface area contributed by atoms with E-state index in [-0.39, 0.29) is 23.1 Å². The molecular formula is C27H36N6O2. The third-order valence-electron chi connectivity index (χ3n) is 7.16. The summed E-state index contributed by atoms with van der Waals surface area (Å²) < 4.78 is 7.65. The molecule has 35 heavy (non-hydrogen) atoms. The Kier molecular flexibility index (Phi) is 6.94. The van der Waals surface area contributed by atoms with E-state index in [0.717, 1.165) is 40.0 Å². The van der Waals surface area contributed by atoms with Gasteiger partial charge in [0.05, 0.1) is 29.9 Å². The molecule has 0 amide bonds. The fourth-order valence-corrected chi connectivity index (χ4v) is 4.60. The van der Waals surface area contributed by atoms with Crippen molar-refractivity contribution in [3.05, 3.63) is 75.2 Å². The van der Waals surface area contributed by atoms with Gasteiger partial charge in [0.2, 0.25) is 0 Å². The highest BCUT2D eigenvalue weighted by molar-refractivity contribution is 5.83. The van der Waals surface area contributed by atoms with E-state index >= 15 is 0 Å². The fourth-order valence-electron chi connectivity index (χ4n) is 4.60. The number of aryl methyl sites for hydroxylation is 2. The Bertz CT molecular complexity index is 1350. The predicted molar refractivity (Wildman–Crippen MR) is 137 cm³/mol. The number of benzene rings is 1. The van der Waals surface area contributed by atoms with Crippen molar-refractivity contribution in [3.63, 3.8) is 0 Å². The van der Waals surface area contributed by atoms with Crippen molar-refractivity contribution in [3.8, 4) is 0 Å². The molecule has 0 aliphatic heterocycles. The van der Waals surface area contributed by atoms with Crippen LogP contribution in [0.25, 0.3) is 10.9 Å². The van der Waals surface area contributed by atoms with Crippen molar-refractivity contribution >= 4 is 10.9 Å². The topological polar surface area (TPSA) is 92.8 Å². The van der Waals surface area contributed by atoms with Gasteiger partial charge in [0, 0.05) is 12.1 Å². The summed E-state index contributed by atoms with van der Waals surface area (Å²) in [6.45, 7) is 15.8. The Labute approximate surface area is 206 Å². The average Bonchev–Trinajstić information content (AvgIpc) is 3.50. The number of hydrogen-bond acceptors (Lipinski definition) is 6. The van der Waals surface area contributed by atoms with E-state index in [2.05, 4.69) is 79.1 Å². The van der Waals surface area contributed by atoms with E-state index in [1.165, 1.54) is 0 Å². The first-order chi connectivity index (χ1) is 16.6. The maximum absolute atomic E-state index is 13.2. The fraction of sp³-hybridized carbons (Fsp3) is 0.481. The van der Waals surface area contributed by atoms with Gasteiger partial charge in [0.1, 0.15) is 5.76 Å². The van der Waals surface area contributed by atoms with Crippen LogP contribution in [0.2, 0.25) is 0 Å². The molecule has 4 rings (SSSR count). The zero-order valence-electron chi connectivity index (χ0n) is 21.8. The van der Waals surface area contributed by atoms with Crippen LogP contribution in [-0.2, 0) is 18.6 Å². The molecule has 1 aromatic carbocycles. The number of fused-ring (bicyclic) bond motifs is 1. The third kappa shape index (κ3) is 4.93. The number of nitrogens with one attached hydrogen (secondary N) is 1.